The fourth-order valence-corrected chi connectivity index (χ4v) is 1.63. The van der Waals surface area contributed by atoms with Gasteiger partial charge in [-0.3, -0.25) is 4.68 Å². The van der Waals surface area contributed by atoms with Crippen molar-refractivity contribution in [2.45, 2.75) is 20.4 Å². The third-order valence-electron chi connectivity index (χ3n) is 3.00. The van der Waals surface area contributed by atoms with Crippen molar-refractivity contribution in [2.24, 2.45) is 17.8 Å². The van der Waals surface area contributed by atoms with Gasteiger partial charge < -0.3 is 11.1 Å². The fourth-order valence-electron chi connectivity index (χ4n) is 1.63. The van der Waals surface area contributed by atoms with E-state index in [1.54, 1.807) is 10.9 Å². The maximum Gasteiger partial charge on any atom is 0.193 e. The van der Waals surface area contributed by atoms with E-state index in [4.69, 9.17) is 5.73 Å². The first-order valence-electron chi connectivity index (χ1n) is 6.04. The summed E-state index contributed by atoms with van der Waals surface area (Å²) in [6.45, 7) is 4.59. The molecule has 0 bridgehead atoms. The number of nitrogens with zero attached hydrogens (tertiary/aromatic N) is 4. The van der Waals surface area contributed by atoms with Crippen LogP contribution < -0.4 is 11.1 Å². The highest BCUT2D eigenvalue weighted by Gasteiger charge is 2.00. The molecule has 1 aromatic heterocycles. The smallest absolute Gasteiger partial charge is 0.193 e. The quantitative estimate of drug-likeness (QED) is 0.643. The molecule has 0 aliphatic rings. The van der Waals surface area contributed by atoms with Crippen molar-refractivity contribution in [3.63, 3.8) is 0 Å². The molecule has 0 radical (unpaired) electrons. The van der Waals surface area contributed by atoms with E-state index in [0.717, 1.165) is 11.4 Å². The molecule has 100 valence electrons. The van der Waals surface area contributed by atoms with Gasteiger partial charge in [0.15, 0.2) is 5.96 Å². The van der Waals surface area contributed by atoms with Crippen molar-refractivity contribution >= 4 is 11.6 Å². The molecule has 0 amide bonds. The lowest BCUT2D eigenvalue weighted by Gasteiger charge is -2.08. The molecule has 3 N–H and O–H groups in total. The molecule has 0 unspecified atom stereocenters. The molecule has 0 atom stereocenters. The van der Waals surface area contributed by atoms with Crippen LogP contribution in [0.4, 0.5) is 5.69 Å². The Balaban J connectivity index is 2.02. The predicted octanol–water partition coefficient (Wildman–Crippen LogP) is 1.36. The van der Waals surface area contributed by atoms with E-state index in [1.165, 1.54) is 11.1 Å². The van der Waals surface area contributed by atoms with Gasteiger partial charge in [0.25, 0.3) is 0 Å². The Labute approximate surface area is 112 Å². The van der Waals surface area contributed by atoms with Crippen molar-refractivity contribution < 1.29 is 0 Å². The highest BCUT2D eigenvalue weighted by molar-refractivity contribution is 5.92. The Morgan fingerprint density at radius 2 is 2.16 bits per heavy atom. The van der Waals surface area contributed by atoms with Crippen LogP contribution in [0.25, 0.3) is 0 Å². The van der Waals surface area contributed by atoms with Crippen LogP contribution in [0.2, 0.25) is 0 Å². The Morgan fingerprint density at radius 1 is 1.37 bits per heavy atom. The molecule has 0 aliphatic heterocycles. The third-order valence-corrected chi connectivity index (χ3v) is 3.00. The van der Waals surface area contributed by atoms with Crippen LogP contribution in [0.1, 0.15) is 16.8 Å². The monoisotopic (exact) mass is 258 g/mol. The summed E-state index contributed by atoms with van der Waals surface area (Å²) in [5.74, 6) is 0.379. The van der Waals surface area contributed by atoms with Crippen LogP contribution in [0.5, 0.6) is 0 Å². The van der Waals surface area contributed by atoms with Crippen LogP contribution in [-0.4, -0.2) is 21.0 Å². The van der Waals surface area contributed by atoms with Crippen LogP contribution in [0, 0.1) is 13.8 Å². The average molecular weight is 258 g/mol. The number of hydrogen-bond donors (Lipinski definition) is 2. The van der Waals surface area contributed by atoms with Crippen molar-refractivity contribution in [3.05, 3.63) is 41.2 Å². The Hall–Kier alpha value is -2.37. The summed E-state index contributed by atoms with van der Waals surface area (Å²) in [7, 11) is 1.82. The molecule has 6 heteroatoms. The standard InChI is InChI=1S/C13H18N6/c1-9-4-5-11(6-10(9)2)17-13(14)15-7-12-8-16-18-19(12)3/h4-6,8H,7H2,1-3H3,(H3,14,15,17). The Morgan fingerprint density at radius 3 is 2.79 bits per heavy atom. The zero-order valence-corrected chi connectivity index (χ0v) is 11.4. The van der Waals surface area contributed by atoms with E-state index in [0.29, 0.717) is 12.5 Å². The molecule has 6 nitrogen and oxygen atoms in total. The van der Waals surface area contributed by atoms with E-state index in [2.05, 4.69) is 40.5 Å². The highest BCUT2D eigenvalue weighted by Crippen LogP contribution is 2.13. The second-order valence-corrected chi connectivity index (χ2v) is 4.47. The van der Waals surface area contributed by atoms with Gasteiger partial charge in [-0.15, -0.1) is 5.10 Å². The lowest BCUT2D eigenvalue weighted by Crippen LogP contribution is -2.22. The summed E-state index contributed by atoms with van der Waals surface area (Å²) in [6.07, 6.45) is 1.67. The first-order chi connectivity index (χ1) is 9.06. The number of nitrogens with one attached hydrogen (secondary N) is 1. The summed E-state index contributed by atoms with van der Waals surface area (Å²) in [5, 5.41) is 10.7. The first-order valence-corrected chi connectivity index (χ1v) is 6.04. The van der Waals surface area contributed by atoms with Gasteiger partial charge >= 0.3 is 0 Å². The number of aliphatic imine (C=N–C) groups is 1. The SMILES string of the molecule is Cc1ccc(NC(N)=NCc2cnnn2C)cc1C. The minimum Gasteiger partial charge on any atom is -0.370 e. The molecule has 1 heterocycles. The third kappa shape index (κ3) is 3.31. The number of anilines is 1. The highest BCUT2D eigenvalue weighted by atomic mass is 15.4. The molecule has 0 saturated carbocycles. The minimum absolute atomic E-state index is 0.379. The number of hydrogen-bond acceptors (Lipinski definition) is 3. The lowest BCUT2D eigenvalue weighted by atomic mass is 10.1. The number of guanidine groups is 1. The lowest BCUT2D eigenvalue weighted by molar-refractivity contribution is 0.678. The van der Waals surface area contributed by atoms with E-state index in [1.807, 2.05) is 19.2 Å². The summed E-state index contributed by atoms with van der Waals surface area (Å²) >= 11 is 0. The van der Waals surface area contributed by atoms with Crippen LogP contribution in [0.15, 0.2) is 29.4 Å². The molecular weight excluding hydrogens is 240 g/mol. The van der Waals surface area contributed by atoms with Gasteiger partial charge in [-0.1, -0.05) is 11.3 Å². The van der Waals surface area contributed by atoms with Crippen LogP contribution in [0.3, 0.4) is 0 Å². The maximum absolute atomic E-state index is 5.85. The van der Waals surface area contributed by atoms with E-state index < -0.39 is 0 Å². The van der Waals surface area contributed by atoms with Gasteiger partial charge in [0.1, 0.15) is 0 Å². The van der Waals surface area contributed by atoms with Crippen LogP contribution >= 0.6 is 0 Å². The van der Waals surface area contributed by atoms with E-state index in [9.17, 15) is 0 Å². The van der Waals surface area contributed by atoms with Gasteiger partial charge in [0.05, 0.1) is 18.4 Å². The average Bonchev–Trinajstić information content (AvgIpc) is 2.77. The maximum atomic E-state index is 5.85. The molecule has 0 aliphatic carbocycles. The second kappa shape index (κ2) is 5.51. The van der Waals surface area contributed by atoms with Crippen LogP contribution in [-0.2, 0) is 13.6 Å². The zero-order valence-electron chi connectivity index (χ0n) is 11.4. The summed E-state index contributed by atoms with van der Waals surface area (Å²) in [6, 6.07) is 6.08. The van der Waals surface area contributed by atoms with Gasteiger partial charge in [-0.05, 0) is 37.1 Å². The molecule has 0 fully saturated rings. The first kappa shape index (κ1) is 13.1. The summed E-state index contributed by atoms with van der Waals surface area (Å²) in [5.41, 5.74) is 10.2. The van der Waals surface area contributed by atoms with Gasteiger partial charge in [0.2, 0.25) is 0 Å². The largest absolute Gasteiger partial charge is 0.370 e. The fraction of sp³-hybridized carbons (Fsp3) is 0.308. The van der Waals surface area contributed by atoms with E-state index >= 15 is 0 Å². The molecule has 1 aromatic carbocycles. The summed E-state index contributed by atoms with van der Waals surface area (Å²) in [4.78, 5) is 4.26. The predicted molar refractivity (Wildman–Crippen MR) is 75.9 cm³/mol. The number of nitrogens with two attached hydrogens (primary N) is 1. The Kier molecular flexibility index (Phi) is 3.79. The van der Waals surface area contributed by atoms with Crippen molar-refractivity contribution in [3.8, 4) is 0 Å². The number of benzene rings is 1. The van der Waals surface area contributed by atoms with Gasteiger partial charge in [-0.25, -0.2) is 4.99 Å². The molecule has 19 heavy (non-hydrogen) atoms. The number of aromatic nitrogens is 3. The zero-order chi connectivity index (χ0) is 13.8. The summed E-state index contributed by atoms with van der Waals surface area (Å²) < 4.78 is 1.67. The number of rotatable bonds is 3. The molecule has 0 saturated heterocycles. The van der Waals surface area contributed by atoms with Crippen molar-refractivity contribution in [1.29, 1.82) is 0 Å². The molecule has 0 spiro atoms. The van der Waals surface area contributed by atoms with E-state index in [-0.39, 0.29) is 0 Å². The Bertz CT molecular complexity index is 599. The van der Waals surface area contributed by atoms with Crippen molar-refractivity contribution in [2.75, 3.05) is 5.32 Å². The molecule has 2 rings (SSSR count). The molecule has 2 aromatic rings. The number of aryl methyl sites for hydroxylation is 3. The normalized spacial score (nSPS) is 11.6. The van der Waals surface area contributed by atoms with Gasteiger partial charge in [0, 0.05) is 12.7 Å². The minimum atomic E-state index is 0.379. The van der Waals surface area contributed by atoms with Gasteiger partial charge in [-0.2, -0.15) is 0 Å². The van der Waals surface area contributed by atoms with Crippen molar-refractivity contribution in [1.82, 2.24) is 15.0 Å². The topological polar surface area (TPSA) is 81.1 Å². The molecular formula is C13H18N6. The second-order valence-electron chi connectivity index (χ2n) is 4.47.